The number of anilines is 1. The molecular formula is C51H96N4O6. The minimum absolute atomic E-state index is 0.00481. The number of carbonyl (C=O) groups is 2. The van der Waals surface area contributed by atoms with E-state index in [9.17, 15) is 19.2 Å². The molecule has 1 heterocycles. The molecule has 61 heavy (non-hydrogen) atoms. The van der Waals surface area contributed by atoms with Gasteiger partial charge in [-0.05, 0) is 96.7 Å². The number of unbranched alkanes of at least 4 members (excludes halogenated alkanes) is 23. The second kappa shape index (κ2) is 41.4. The average molecular weight is 861 g/mol. The number of esters is 2. The molecule has 10 nitrogen and oxygen atoms in total. The number of nitrogens with zero attached hydrogens (tertiary/aromatic N) is 1. The van der Waals surface area contributed by atoms with Gasteiger partial charge in [-0.25, -0.2) is 4.79 Å². The Morgan fingerprint density at radius 1 is 0.508 bits per heavy atom. The zero-order valence-corrected chi connectivity index (χ0v) is 40.2. The lowest BCUT2D eigenvalue weighted by Gasteiger charge is -2.22. The summed E-state index contributed by atoms with van der Waals surface area (Å²) in [7, 11) is 0. The van der Waals surface area contributed by atoms with Gasteiger partial charge in [-0.1, -0.05) is 163 Å². The molecule has 1 unspecified atom stereocenters. The first kappa shape index (κ1) is 56.4. The van der Waals surface area contributed by atoms with Crippen LogP contribution in [0.3, 0.4) is 0 Å². The summed E-state index contributed by atoms with van der Waals surface area (Å²) in [5.74, 6) is 0.407. The van der Waals surface area contributed by atoms with E-state index in [-0.39, 0.29) is 24.1 Å². The van der Waals surface area contributed by atoms with Crippen molar-refractivity contribution >= 4 is 17.8 Å². The molecule has 0 spiro atoms. The fourth-order valence-electron chi connectivity index (χ4n) is 8.25. The van der Waals surface area contributed by atoms with Crippen LogP contribution in [0, 0.1) is 0 Å². The van der Waals surface area contributed by atoms with Crippen molar-refractivity contribution in [2.24, 2.45) is 0 Å². The minimum Gasteiger partial charge on any atom is -0.462 e. The van der Waals surface area contributed by atoms with Crippen LogP contribution in [-0.2, 0) is 19.1 Å². The first-order chi connectivity index (χ1) is 29.8. The van der Waals surface area contributed by atoms with E-state index in [0.29, 0.717) is 25.2 Å². The van der Waals surface area contributed by atoms with E-state index in [4.69, 9.17) is 9.47 Å². The number of hydrogen-bond donors (Lipinski definition) is 3. The van der Waals surface area contributed by atoms with Crippen LogP contribution in [0.25, 0.3) is 0 Å². The number of aromatic nitrogens is 2. The Bertz CT molecular complexity index is 1220. The predicted molar refractivity (Wildman–Crippen MR) is 257 cm³/mol. The van der Waals surface area contributed by atoms with Gasteiger partial charge < -0.3 is 19.7 Å². The molecule has 1 atom stereocenters. The topological polar surface area (TPSA) is 134 Å². The first-order valence-electron chi connectivity index (χ1n) is 26.0. The van der Waals surface area contributed by atoms with Gasteiger partial charge in [0.1, 0.15) is 18.0 Å². The third-order valence-corrected chi connectivity index (χ3v) is 12.1. The van der Waals surface area contributed by atoms with E-state index >= 15 is 0 Å². The highest BCUT2D eigenvalue weighted by Gasteiger charge is 2.15. The van der Waals surface area contributed by atoms with Crippen molar-refractivity contribution in [1.29, 1.82) is 0 Å². The van der Waals surface area contributed by atoms with Crippen molar-refractivity contribution in [1.82, 2.24) is 14.9 Å². The molecule has 1 rings (SSSR count). The van der Waals surface area contributed by atoms with Crippen molar-refractivity contribution in [2.75, 3.05) is 31.5 Å². The van der Waals surface area contributed by atoms with Crippen molar-refractivity contribution < 1.29 is 19.1 Å². The smallest absolute Gasteiger partial charge is 0.327 e. The summed E-state index contributed by atoms with van der Waals surface area (Å²) in [6, 6.07) is 1.38. The second-order valence-corrected chi connectivity index (χ2v) is 18.0. The molecule has 10 heteroatoms. The van der Waals surface area contributed by atoms with E-state index in [0.717, 1.165) is 135 Å². The quantitative estimate of drug-likeness (QED) is 0.0436. The summed E-state index contributed by atoms with van der Waals surface area (Å²) in [4.78, 5) is 56.1. The molecule has 0 bridgehead atoms. The average Bonchev–Trinajstić information content (AvgIpc) is 3.24. The zero-order valence-electron chi connectivity index (χ0n) is 40.2. The Morgan fingerprint density at radius 2 is 0.902 bits per heavy atom. The fourth-order valence-corrected chi connectivity index (χ4v) is 8.25. The maximum absolute atomic E-state index is 12.9. The lowest BCUT2D eigenvalue weighted by Crippen LogP contribution is -2.29. The van der Waals surface area contributed by atoms with Crippen molar-refractivity contribution in [2.45, 2.75) is 265 Å². The molecule has 0 aliphatic rings. The van der Waals surface area contributed by atoms with Gasteiger partial charge in [0.25, 0.3) is 5.56 Å². The minimum atomic E-state index is -0.504. The lowest BCUT2D eigenvalue weighted by atomic mass is 10.0. The third kappa shape index (κ3) is 35.5. The number of carbonyl (C=O) groups excluding carboxylic acids is 2. The Hall–Kier alpha value is -2.62. The maximum Gasteiger partial charge on any atom is 0.327 e. The first-order valence-corrected chi connectivity index (χ1v) is 26.0. The molecule has 0 radical (unpaired) electrons. The Kier molecular flexibility index (Phi) is 38.3. The van der Waals surface area contributed by atoms with E-state index < -0.39 is 11.2 Å². The van der Waals surface area contributed by atoms with E-state index in [1.54, 1.807) is 0 Å². The second-order valence-electron chi connectivity index (χ2n) is 18.0. The van der Waals surface area contributed by atoms with Gasteiger partial charge in [0.2, 0.25) is 0 Å². The number of nitrogens with one attached hydrogen (secondary N) is 3. The van der Waals surface area contributed by atoms with Gasteiger partial charge in [-0.15, -0.1) is 0 Å². The van der Waals surface area contributed by atoms with Crippen LogP contribution in [0.5, 0.6) is 0 Å². The summed E-state index contributed by atoms with van der Waals surface area (Å²) < 4.78 is 11.9. The van der Waals surface area contributed by atoms with Crippen LogP contribution in [0.2, 0.25) is 0 Å². The van der Waals surface area contributed by atoms with Crippen molar-refractivity contribution in [3.8, 4) is 0 Å². The highest BCUT2D eigenvalue weighted by atomic mass is 16.5. The van der Waals surface area contributed by atoms with Crippen LogP contribution >= 0.6 is 0 Å². The van der Waals surface area contributed by atoms with Gasteiger partial charge in [0.05, 0.1) is 0 Å². The van der Waals surface area contributed by atoms with Gasteiger partial charge in [0, 0.05) is 25.5 Å². The highest BCUT2D eigenvalue weighted by molar-refractivity contribution is 5.69. The molecule has 0 aliphatic carbocycles. The molecule has 1 aromatic rings. The molecule has 3 N–H and O–H groups in total. The molecule has 0 aromatic carbocycles. The van der Waals surface area contributed by atoms with Crippen molar-refractivity contribution in [3.05, 3.63) is 26.9 Å². The standard InChI is InChI=1S/C51H96N4O6/c1-5-9-12-15-20-27-35-45(8-4)60-49(57)38-30-23-18-25-32-41-55(43-34-40-52-47-44-48(56)54-51(59)53-47)42-33-26-19-24-31-39-50(58)61-46(36-28-21-16-13-10-6-2)37-29-22-17-14-11-7-3/h44-46H,5-43H2,1-4H3,(H3,52,53,54,56,59). The summed E-state index contributed by atoms with van der Waals surface area (Å²) >= 11 is 0. The maximum atomic E-state index is 12.9. The molecule has 1 aromatic heterocycles. The van der Waals surface area contributed by atoms with Gasteiger partial charge in [-0.2, -0.15) is 0 Å². The van der Waals surface area contributed by atoms with Crippen molar-refractivity contribution in [3.63, 3.8) is 0 Å². The van der Waals surface area contributed by atoms with Crippen LogP contribution in [0.4, 0.5) is 5.82 Å². The number of rotatable bonds is 45. The van der Waals surface area contributed by atoms with Crippen LogP contribution in [0.15, 0.2) is 15.7 Å². The fraction of sp³-hybridized carbons (Fsp3) is 0.882. The monoisotopic (exact) mass is 861 g/mol. The van der Waals surface area contributed by atoms with Crippen LogP contribution < -0.4 is 16.6 Å². The SMILES string of the molecule is CCCCCCCCC(CC)OC(=O)CCCCCCCN(CCCCCCCC(=O)OC(CCCCCCCC)CCCCCCCC)CCCNc1cc(=O)[nH]c(=O)[nH]1. The van der Waals surface area contributed by atoms with Crippen LogP contribution in [0.1, 0.15) is 252 Å². The number of hydrogen-bond acceptors (Lipinski definition) is 8. The highest BCUT2D eigenvalue weighted by Crippen LogP contribution is 2.19. The molecule has 0 amide bonds. The molecule has 356 valence electrons. The number of aromatic amines is 2. The summed E-state index contributed by atoms with van der Waals surface area (Å²) in [5, 5.41) is 3.19. The Balaban J connectivity index is 2.41. The Labute approximate surface area is 373 Å². The molecule has 0 aliphatic heterocycles. The Morgan fingerprint density at radius 3 is 1.36 bits per heavy atom. The molecular weight excluding hydrogens is 765 g/mol. The van der Waals surface area contributed by atoms with Gasteiger partial charge >= 0.3 is 17.6 Å². The van der Waals surface area contributed by atoms with E-state index in [1.807, 2.05) is 0 Å². The number of ether oxygens (including phenoxy) is 2. The predicted octanol–water partition coefficient (Wildman–Crippen LogP) is 13.3. The molecule has 0 saturated heterocycles. The lowest BCUT2D eigenvalue weighted by molar-refractivity contribution is -0.150. The summed E-state index contributed by atoms with van der Waals surface area (Å²) in [6.07, 6.45) is 39.4. The number of H-pyrrole nitrogens is 2. The zero-order chi connectivity index (χ0) is 44.4. The summed E-state index contributed by atoms with van der Waals surface area (Å²) in [6.45, 7) is 12.5. The molecule has 0 fully saturated rings. The van der Waals surface area contributed by atoms with E-state index in [2.05, 4.69) is 47.9 Å². The largest absolute Gasteiger partial charge is 0.462 e. The van der Waals surface area contributed by atoms with Crippen LogP contribution in [-0.4, -0.2) is 65.2 Å². The third-order valence-electron chi connectivity index (χ3n) is 12.1. The molecule has 0 saturated carbocycles. The van der Waals surface area contributed by atoms with Gasteiger partial charge in [0.15, 0.2) is 0 Å². The summed E-state index contributed by atoms with van der Waals surface area (Å²) in [5.41, 5.74) is -0.915. The van der Waals surface area contributed by atoms with Gasteiger partial charge in [-0.3, -0.25) is 24.4 Å². The van der Waals surface area contributed by atoms with E-state index in [1.165, 1.54) is 102 Å². The normalized spacial score (nSPS) is 12.0.